The predicted molar refractivity (Wildman–Crippen MR) is 62.7 cm³/mol. The molecule has 0 bridgehead atoms. The van der Waals surface area contributed by atoms with Crippen molar-refractivity contribution in [3.8, 4) is 11.5 Å². The maximum Gasteiger partial charge on any atom is 0.0971 e. The molecule has 0 amide bonds. The van der Waals surface area contributed by atoms with Crippen molar-refractivity contribution in [3.05, 3.63) is 48.8 Å². The Hall–Kier alpha value is -1.49. The fraction of sp³-hybridized carbons (Fsp3) is 0.154. The van der Waals surface area contributed by atoms with Crippen LogP contribution >= 0.6 is 0 Å². The van der Waals surface area contributed by atoms with Crippen molar-refractivity contribution in [2.75, 3.05) is 0 Å². The maximum atomic E-state index is 9.93. The number of carbonyl (C=O) groups excluding carboxylic acids is 1. The first-order chi connectivity index (χ1) is 8.24. The van der Waals surface area contributed by atoms with E-state index in [0.717, 1.165) is 5.56 Å². The summed E-state index contributed by atoms with van der Waals surface area (Å²) in [4.78, 5) is 13.7. The molecule has 18 heavy (non-hydrogen) atoms. The Morgan fingerprint density at radius 1 is 1.39 bits per heavy atom. The molecular weight excluding hydrogens is 413 g/mol. The van der Waals surface area contributed by atoms with Gasteiger partial charge in [0.1, 0.15) is 0 Å². The zero-order valence-electron chi connectivity index (χ0n) is 9.98. The number of allylic oxidation sites excluding steroid dienone is 2. The molecule has 1 heterocycles. The van der Waals surface area contributed by atoms with Crippen molar-refractivity contribution in [2.45, 2.75) is 13.8 Å². The van der Waals surface area contributed by atoms with E-state index in [1.807, 2.05) is 30.3 Å². The first-order valence-electron chi connectivity index (χ1n) is 5.00. The van der Waals surface area contributed by atoms with E-state index in [1.165, 1.54) is 13.0 Å². The van der Waals surface area contributed by atoms with Gasteiger partial charge in [0.15, 0.2) is 0 Å². The van der Waals surface area contributed by atoms with Gasteiger partial charge in [-0.1, -0.05) is 37.3 Å². The largest absolute Gasteiger partial charge is 0.445 e. The van der Waals surface area contributed by atoms with Crippen molar-refractivity contribution in [1.82, 2.24) is 10.1 Å². The average Bonchev–Trinajstić information content (AvgIpc) is 2.84. The van der Waals surface area contributed by atoms with Crippen LogP contribution in [0.5, 0.6) is 0 Å². The Kier molecular flexibility index (Phi) is 8.74. The monoisotopic (exact) mass is 425 g/mol. The Labute approximate surface area is 122 Å². The SMILES string of the molecule is C[C-]=CC(C)=O.[Au].[c-]1noc(-c2ccccc2)n1. The molecule has 0 saturated carbocycles. The Morgan fingerprint density at radius 2 is 2.06 bits per heavy atom. The summed E-state index contributed by atoms with van der Waals surface area (Å²) < 4.78 is 4.80. The van der Waals surface area contributed by atoms with Gasteiger partial charge in [0.05, 0.1) is 5.89 Å². The molecule has 5 heteroatoms. The van der Waals surface area contributed by atoms with Crippen molar-refractivity contribution in [1.29, 1.82) is 0 Å². The zero-order chi connectivity index (χ0) is 12.5. The molecule has 99 valence electrons. The standard InChI is InChI=1S/C8H5N2O.C5H7O.Au/c1-2-4-7(5-3-1)8-9-6-10-11-8;1-3-4-5(2)6;/h1-5H;4H,1-2H3;/q2*-1;. The van der Waals surface area contributed by atoms with Crippen LogP contribution in [0.25, 0.3) is 11.5 Å². The van der Waals surface area contributed by atoms with Crippen LogP contribution in [0.3, 0.4) is 0 Å². The number of hydrogen-bond donors (Lipinski definition) is 0. The molecule has 2 rings (SSSR count). The molecule has 0 unspecified atom stereocenters. The number of aromatic nitrogens is 2. The van der Waals surface area contributed by atoms with E-state index in [2.05, 4.69) is 22.5 Å². The van der Waals surface area contributed by atoms with E-state index in [4.69, 9.17) is 4.52 Å². The normalized spacial score (nSPS) is 9.22. The van der Waals surface area contributed by atoms with Crippen LogP contribution in [-0.4, -0.2) is 15.9 Å². The van der Waals surface area contributed by atoms with Crippen LogP contribution in [0.15, 0.2) is 40.9 Å². The van der Waals surface area contributed by atoms with Gasteiger partial charge in [-0.2, -0.15) is 11.2 Å². The van der Waals surface area contributed by atoms with Crippen LogP contribution in [0, 0.1) is 12.4 Å². The van der Waals surface area contributed by atoms with Crippen LogP contribution in [0.1, 0.15) is 13.8 Å². The minimum Gasteiger partial charge on any atom is -0.445 e. The first kappa shape index (κ1) is 16.5. The van der Waals surface area contributed by atoms with E-state index in [9.17, 15) is 4.79 Å². The third kappa shape index (κ3) is 6.30. The summed E-state index contributed by atoms with van der Waals surface area (Å²) in [7, 11) is 0. The van der Waals surface area contributed by atoms with E-state index in [1.54, 1.807) is 6.92 Å². The van der Waals surface area contributed by atoms with Gasteiger partial charge in [0, 0.05) is 22.4 Å². The van der Waals surface area contributed by atoms with Crippen LogP contribution in [0.4, 0.5) is 0 Å². The molecular formula is C13H12AuN2O2-2. The fourth-order valence-corrected chi connectivity index (χ4v) is 1.05. The number of hydrogen-bond acceptors (Lipinski definition) is 4. The summed E-state index contributed by atoms with van der Waals surface area (Å²) >= 11 is 0. The topological polar surface area (TPSA) is 56.0 Å². The molecule has 1 aromatic carbocycles. The third-order valence-electron chi connectivity index (χ3n) is 1.69. The summed E-state index contributed by atoms with van der Waals surface area (Å²) in [6.07, 6.45) is 6.36. The molecule has 0 fully saturated rings. The minimum atomic E-state index is 0. The molecule has 2 aromatic rings. The molecule has 0 N–H and O–H groups in total. The van der Waals surface area contributed by atoms with Crippen LogP contribution in [0.2, 0.25) is 0 Å². The van der Waals surface area contributed by atoms with E-state index < -0.39 is 0 Å². The van der Waals surface area contributed by atoms with Gasteiger partial charge >= 0.3 is 0 Å². The quantitative estimate of drug-likeness (QED) is 0.422. The Bertz CT molecular complexity index is 467. The summed E-state index contributed by atoms with van der Waals surface area (Å²) in [5.41, 5.74) is 0.918. The summed E-state index contributed by atoms with van der Waals surface area (Å²) in [5, 5.41) is 3.39. The van der Waals surface area contributed by atoms with Gasteiger partial charge in [-0.3, -0.25) is 6.08 Å². The number of ketones is 1. The van der Waals surface area contributed by atoms with Gasteiger partial charge in [0.2, 0.25) is 0 Å². The van der Waals surface area contributed by atoms with Gasteiger partial charge in [0.25, 0.3) is 0 Å². The maximum absolute atomic E-state index is 9.93. The van der Waals surface area contributed by atoms with Gasteiger partial charge < -0.3 is 14.3 Å². The second kappa shape index (κ2) is 9.53. The number of carbonyl (C=O) groups is 1. The summed E-state index contributed by atoms with van der Waals surface area (Å²) in [6.45, 7) is 3.19. The van der Waals surface area contributed by atoms with Gasteiger partial charge in [-0.25, -0.2) is 0 Å². The predicted octanol–water partition coefficient (Wildman–Crippen LogP) is 2.49. The third-order valence-corrected chi connectivity index (χ3v) is 1.69. The van der Waals surface area contributed by atoms with Crippen molar-refractivity contribution >= 4 is 5.78 Å². The van der Waals surface area contributed by atoms with Crippen molar-refractivity contribution in [2.24, 2.45) is 0 Å². The van der Waals surface area contributed by atoms with Crippen LogP contribution < -0.4 is 0 Å². The first-order valence-corrected chi connectivity index (χ1v) is 5.00. The fourth-order valence-electron chi connectivity index (χ4n) is 1.05. The van der Waals surface area contributed by atoms with Gasteiger partial charge in [-0.15, -0.1) is 6.92 Å². The molecule has 0 aliphatic carbocycles. The molecule has 1 radical (unpaired) electrons. The molecule has 0 aliphatic rings. The molecule has 0 spiro atoms. The molecule has 0 saturated heterocycles. The molecule has 4 nitrogen and oxygen atoms in total. The van der Waals surface area contributed by atoms with Crippen molar-refractivity contribution < 1.29 is 31.7 Å². The summed E-state index contributed by atoms with van der Waals surface area (Å²) in [5.74, 6) is 0.558. The number of nitrogens with zero attached hydrogens (tertiary/aromatic N) is 2. The van der Waals surface area contributed by atoms with E-state index in [0.29, 0.717) is 5.89 Å². The molecule has 1 aromatic heterocycles. The second-order valence-electron chi connectivity index (χ2n) is 3.11. The zero-order valence-corrected chi connectivity index (χ0v) is 12.1. The average molecular weight is 425 g/mol. The molecule has 0 aliphatic heterocycles. The second-order valence-corrected chi connectivity index (χ2v) is 3.11. The Balaban J connectivity index is 0.000000362. The Morgan fingerprint density at radius 3 is 2.44 bits per heavy atom. The minimum absolute atomic E-state index is 0. The summed E-state index contributed by atoms with van der Waals surface area (Å²) in [6, 6.07) is 9.57. The van der Waals surface area contributed by atoms with Gasteiger partial charge in [-0.05, 0) is 17.7 Å². The number of benzene rings is 1. The van der Waals surface area contributed by atoms with Crippen LogP contribution in [-0.2, 0) is 27.2 Å². The smallest absolute Gasteiger partial charge is 0.0971 e. The van der Waals surface area contributed by atoms with E-state index >= 15 is 0 Å². The molecule has 0 atom stereocenters. The number of rotatable bonds is 2. The van der Waals surface area contributed by atoms with Crippen molar-refractivity contribution in [3.63, 3.8) is 0 Å². The van der Waals surface area contributed by atoms with E-state index in [-0.39, 0.29) is 28.2 Å².